The van der Waals surface area contributed by atoms with Gasteiger partial charge in [-0.15, -0.1) is 0 Å². The first-order valence-corrected chi connectivity index (χ1v) is 11.9. The van der Waals surface area contributed by atoms with Crippen LogP contribution in [-0.2, 0) is 6.42 Å². The monoisotopic (exact) mass is 470 g/mol. The number of anilines is 1. The molecule has 2 aromatic carbocycles. The van der Waals surface area contributed by atoms with Gasteiger partial charge in [-0.1, -0.05) is 25.1 Å². The largest absolute Gasteiger partial charge is 0.351 e. The van der Waals surface area contributed by atoms with E-state index >= 15 is 0 Å². The van der Waals surface area contributed by atoms with Crippen LogP contribution >= 0.6 is 12.2 Å². The van der Waals surface area contributed by atoms with Gasteiger partial charge in [0, 0.05) is 29.0 Å². The van der Waals surface area contributed by atoms with Crippen molar-refractivity contribution in [1.82, 2.24) is 14.9 Å². The van der Waals surface area contributed by atoms with E-state index in [1.165, 1.54) is 17.7 Å². The lowest BCUT2D eigenvalue weighted by Crippen LogP contribution is -2.29. The van der Waals surface area contributed by atoms with Crippen LogP contribution in [0, 0.1) is 19.7 Å². The van der Waals surface area contributed by atoms with Crippen LogP contribution in [0.25, 0.3) is 5.69 Å². The number of pyridine rings is 1. The summed E-state index contributed by atoms with van der Waals surface area (Å²) >= 11 is 5.80. The Morgan fingerprint density at radius 1 is 0.971 bits per heavy atom. The van der Waals surface area contributed by atoms with Crippen molar-refractivity contribution < 1.29 is 4.39 Å². The predicted octanol–water partition coefficient (Wildman–Crippen LogP) is 6.37. The Morgan fingerprint density at radius 2 is 1.68 bits per heavy atom. The van der Waals surface area contributed by atoms with Crippen LogP contribution in [0.5, 0.6) is 0 Å². The molecule has 1 fully saturated rings. The van der Waals surface area contributed by atoms with Crippen molar-refractivity contribution in [1.29, 1.82) is 0 Å². The molecule has 1 saturated heterocycles. The lowest BCUT2D eigenvalue weighted by molar-refractivity contribution is 0.565. The number of hydrogen-bond donors (Lipinski definition) is 1. The quantitative estimate of drug-likeness (QED) is 0.344. The van der Waals surface area contributed by atoms with Crippen molar-refractivity contribution in [3.8, 4) is 5.69 Å². The van der Waals surface area contributed by atoms with E-state index in [9.17, 15) is 4.39 Å². The smallest absolute Gasteiger partial charge is 0.174 e. The highest BCUT2D eigenvalue weighted by Gasteiger charge is 2.42. The lowest BCUT2D eigenvalue weighted by atomic mass is 9.96. The standard InChI is InChI=1S/C28H27FN4S/c1-4-20-8-12-22(13-9-20)32-18(2)17-24(19(32)3)27-26(25-7-5-6-16-30-25)31-28(34)33(27)23-14-10-21(29)11-15-23/h5-17,26-27H,4H2,1-3H3,(H,31,34)/t26-,27+/m0/s1. The Morgan fingerprint density at radius 3 is 2.32 bits per heavy atom. The van der Waals surface area contributed by atoms with Crippen LogP contribution < -0.4 is 10.2 Å². The van der Waals surface area contributed by atoms with Crippen molar-refractivity contribution in [2.75, 3.05) is 4.90 Å². The fourth-order valence-corrected chi connectivity index (χ4v) is 5.26. The fraction of sp³-hybridized carbons (Fsp3) is 0.214. The zero-order valence-electron chi connectivity index (χ0n) is 19.5. The zero-order chi connectivity index (χ0) is 23.8. The second-order valence-electron chi connectivity index (χ2n) is 8.65. The van der Waals surface area contributed by atoms with E-state index in [1.54, 1.807) is 18.3 Å². The topological polar surface area (TPSA) is 33.1 Å². The maximum Gasteiger partial charge on any atom is 0.174 e. The van der Waals surface area contributed by atoms with E-state index in [0.717, 1.165) is 40.4 Å². The van der Waals surface area contributed by atoms with E-state index in [2.05, 4.69) is 70.9 Å². The maximum atomic E-state index is 13.7. The Labute approximate surface area is 205 Å². The summed E-state index contributed by atoms with van der Waals surface area (Å²) in [7, 11) is 0. The first kappa shape index (κ1) is 22.3. The van der Waals surface area contributed by atoms with Crippen molar-refractivity contribution >= 4 is 23.0 Å². The molecule has 0 unspecified atom stereocenters. The van der Waals surface area contributed by atoms with Gasteiger partial charge in [-0.3, -0.25) is 4.98 Å². The van der Waals surface area contributed by atoms with Gasteiger partial charge < -0.3 is 14.8 Å². The maximum absolute atomic E-state index is 13.7. The number of nitrogens with one attached hydrogen (secondary N) is 1. The molecule has 0 saturated carbocycles. The third kappa shape index (κ3) is 3.88. The minimum absolute atomic E-state index is 0.136. The molecule has 6 heteroatoms. The summed E-state index contributed by atoms with van der Waals surface area (Å²) in [6.07, 6.45) is 2.81. The van der Waals surface area contributed by atoms with Crippen LogP contribution in [0.15, 0.2) is 79.0 Å². The summed E-state index contributed by atoms with van der Waals surface area (Å²) in [5, 5.41) is 4.09. The Bertz CT molecular complexity index is 1310. The van der Waals surface area contributed by atoms with E-state index in [0.29, 0.717) is 5.11 Å². The third-order valence-corrected chi connectivity index (χ3v) is 6.91. The molecule has 0 bridgehead atoms. The number of rotatable bonds is 5. The van der Waals surface area contributed by atoms with Gasteiger partial charge in [0.1, 0.15) is 5.82 Å². The Balaban J connectivity index is 1.65. The Hall–Kier alpha value is -3.51. The molecule has 0 spiro atoms. The second-order valence-corrected chi connectivity index (χ2v) is 9.04. The SMILES string of the molecule is CCc1ccc(-n2c(C)cc([C@@H]3[C@H](c4ccccn4)NC(=S)N3c3ccc(F)cc3)c2C)cc1. The molecular weight excluding hydrogens is 443 g/mol. The normalized spacial score (nSPS) is 17.8. The van der Waals surface area contributed by atoms with Crippen molar-refractivity contribution in [2.45, 2.75) is 39.3 Å². The fourth-order valence-electron chi connectivity index (χ4n) is 4.92. The molecule has 2 aromatic heterocycles. The summed E-state index contributed by atoms with van der Waals surface area (Å²) in [5.74, 6) is -0.270. The van der Waals surface area contributed by atoms with Crippen molar-refractivity contribution in [3.63, 3.8) is 0 Å². The minimum atomic E-state index is -0.270. The van der Waals surface area contributed by atoms with Gasteiger partial charge in [-0.2, -0.15) is 0 Å². The molecule has 5 rings (SSSR count). The van der Waals surface area contributed by atoms with E-state index in [1.807, 2.05) is 18.2 Å². The minimum Gasteiger partial charge on any atom is -0.351 e. The van der Waals surface area contributed by atoms with E-state index in [4.69, 9.17) is 12.2 Å². The molecule has 4 aromatic rings. The molecule has 3 heterocycles. The predicted molar refractivity (Wildman–Crippen MR) is 139 cm³/mol. The highest BCUT2D eigenvalue weighted by atomic mass is 32.1. The van der Waals surface area contributed by atoms with Gasteiger partial charge in [-0.05, 0) is 98.2 Å². The summed E-state index contributed by atoms with van der Waals surface area (Å²) in [5.41, 5.74) is 7.66. The van der Waals surface area contributed by atoms with E-state index in [-0.39, 0.29) is 17.9 Å². The average molecular weight is 471 g/mol. The molecule has 172 valence electrons. The van der Waals surface area contributed by atoms with Gasteiger partial charge in [0.05, 0.1) is 17.8 Å². The molecule has 1 N–H and O–H groups in total. The molecular formula is C28H27FN4S. The number of nitrogens with zero attached hydrogens (tertiary/aromatic N) is 3. The van der Waals surface area contributed by atoms with Crippen LogP contribution in [0.3, 0.4) is 0 Å². The first-order valence-electron chi connectivity index (χ1n) is 11.5. The molecule has 0 radical (unpaired) electrons. The van der Waals surface area contributed by atoms with Gasteiger partial charge >= 0.3 is 0 Å². The molecule has 34 heavy (non-hydrogen) atoms. The van der Waals surface area contributed by atoms with Gasteiger partial charge in [0.2, 0.25) is 0 Å². The molecule has 1 aliphatic heterocycles. The van der Waals surface area contributed by atoms with Crippen LogP contribution in [0.1, 0.15) is 47.2 Å². The summed E-state index contributed by atoms with van der Waals surface area (Å²) in [4.78, 5) is 6.72. The number of hydrogen-bond acceptors (Lipinski definition) is 2. The summed E-state index contributed by atoms with van der Waals surface area (Å²) in [6.45, 7) is 6.44. The number of aromatic nitrogens is 2. The Kier molecular flexibility index (Phi) is 5.92. The summed E-state index contributed by atoms with van der Waals surface area (Å²) < 4.78 is 16.0. The van der Waals surface area contributed by atoms with Gasteiger partial charge in [-0.25, -0.2) is 4.39 Å². The highest BCUT2D eigenvalue weighted by Crippen LogP contribution is 2.43. The van der Waals surface area contributed by atoms with E-state index < -0.39 is 0 Å². The molecule has 2 atom stereocenters. The molecule has 0 amide bonds. The second kappa shape index (κ2) is 9.03. The number of thiocarbonyl (C=S) groups is 1. The van der Waals surface area contributed by atoms with Gasteiger partial charge in [0.15, 0.2) is 5.11 Å². The number of benzene rings is 2. The third-order valence-electron chi connectivity index (χ3n) is 6.59. The highest BCUT2D eigenvalue weighted by molar-refractivity contribution is 7.80. The first-order chi connectivity index (χ1) is 16.5. The number of aryl methyl sites for hydroxylation is 2. The van der Waals surface area contributed by atoms with Crippen LogP contribution in [-0.4, -0.2) is 14.7 Å². The van der Waals surface area contributed by atoms with Crippen LogP contribution in [0.2, 0.25) is 0 Å². The van der Waals surface area contributed by atoms with Crippen molar-refractivity contribution in [3.05, 3.63) is 113 Å². The molecule has 0 aliphatic carbocycles. The average Bonchev–Trinajstić information content (AvgIpc) is 3.35. The van der Waals surface area contributed by atoms with Gasteiger partial charge in [0.25, 0.3) is 0 Å². The molecule has 4 nitrogen and oxygen atoms in total. The lowest BCUT2D eigenvalue weighted by Gasteiger charge is -2.28. The molecule has 1 aliphatic rings. The number of halogens is 1. The zero-order valence-corrected chi connectivity index (χ0v) is 20.3. The summed E-state index contributed by atoms with van der Waals surface area (Å²) in [6, 6.07) is 23.1. The van der Waals surface area contributed by atoms with Crippen molar-refractivity contribution in [2.24, 2.45) is 0 Å². The van der Waals surface area contributed by atoms with Crippen LogP contribution in [0.4, 0.5) is 10.1 Å².